The van der Waals surface area contributed by atoms with E-state index in [9.17, 15) is 4.79 Å². The van der Waals surface area contributed by atoms with Crippen LogP contribution in [0, 0.1) is 27.7 Å². The normalized spacial score (nSPS) is 11.2. The summed E-state index contributed by atoms with van der Waals surface area (Å²) >= 11 is 6.00. The Hall–Kier alpha value is -3.97. The second kappa shape index (κ2) is 9.59. The van der Waals surface area contributed by atoms with Crippen LogP contribution >= 0.6 is 11.6 Å². The summed E-state index contributed by atoms with van der Waals surface area (Å²) in [7, 11) is 0. The molecular weight excluding hydrogens is 472 g/mol. The van der Waals surface area contributed by atoms with Crippen LogP contribution in [-0.2, 0) is 17.9 Å². The molecule has 0 saturated heterocycles. The van der Waals surface area contributed by atoms with E-state index >= 15 is 0 Å². The first-order valence-corrected chi connectivity index (χ1v) is 12.2. The van der Waals surface area contributed by atoms with E-state index in [1.165, 1.54) is 5.56 Å². The highest BCUT2D eigenvalue weighted by Crippen LogP contribution is 2.30. The Morgan fingerprint density at radius 1 is 0.944 bits per heavy atom. The van der Waals surface area contributed by atoms with E-state index in [1.54, 1.807) is 10.9 Å². The molecule has 7 nitrogen and oxygen atoms in total. The third-order valence-electron chi connectivity index (χ3n) is 6.32. The van der Waals surface area contributed by atoms with Crippen molar-refractivity contribution < 1.29 is 4.79 Å². The van der Waals surface area contributed by atoms with Gasteiger partial charge in [-0.05, 0) is 62.6 Å². The molecule has 1 amide bonds. The quantitative estimate of drug-likeness (QED) is 0.317. The van der Waals surface area contributed by atoms with Gasteiger partial charge in [0.1, 0.15) is 6.54 Å². The van der Waals surface area contributed by atoms with Gasteiger partial charge in [-0.1, -0.05) is 53.6 Å². The second-order valence-corrected chi connectivity index (χ2v) is 9.48. The lowest BCUT2D eigenvalue weighted by Gasteiger charge is -2.08. The van der Waals surface area contributed by atoms with E-state index in [4.69, 9.17) is 11.6 Å². The molecule has 8 heteroatoms. The van der Waals surface area contributed by atoms with Gasteiger partial charge in [0.25, 0.3) is 0 Å². The Morgan fingerprint density at radius 2 is 1.69 bits per heavy atom. The molecule has 3 aromatic heterocycles. The number of aryl methyl sites for hydroxylation is 3. The number of amides is 1. The molecule has 5 aromatic rings. The molecule has 1 N–H and O–H groups in total. The lowest BCUT2D eigenvalue weighted by Crippen LogP contribution is -2.20. The Morgan fingerprint density at radius 3 is 2.44 bits per heavy atom. The number of hydrogen-bond acceptors (Lipinski definition) is 4. The molecule has 2 aromatic carbocycles. The number of aromatic nitrogens is 5. The number of nitrogens with zero attached hydrogens (tertiary/aromatic N) is 5. The summed E-state index contributed by atoms with van der Waals surface area (Å²) < 4.78 is 3.55. The molecule has 0 aliphatic rings. The van der Waals surface area contributed by atoms with Crippen LogP contribution < -0.4 is 5.32 Å². The number of nitrogens with one attached hydrogen (secondary N) is 1. The van der Waals surface area contributed by atoms with E-state index in [0.717, 1.165) is 44.8 Å². The van der Waals surface area contributed by atoms with Crippen LogP contribution in [-0.4, -0.2) is 30.5 Å². The Labute approximate surface area is 214 Å². The fraction of sp³-hybridized carbons (Fsp3) is 0.214. The molecule has 36 heavy (non-hydrogen) atoms. The lowest BCUT2D eigenvalue weighted by atomic mass is 10.0. The molecule has 0 fully saturated rings. The van der Waals surface area contributed by atoms with Crippen molar-refractivity contribution in [3.05, 3.63) is 94.0 Å². The van der Waals surface area contributed by atoms with Crippen LogP contribution in [0.25, 0.3) is 22.2 Å². The zero-order chi connectivity index (χ0) is 25.4. The highest BCUT2D eigenvalue weighted by Gasteiger charge is 2.18. The number of fused-ring (bicyclic) bond motifs is 1. The van der Waals surface area contributed by atoms with E-state index in [1.807, 2.05) is 61.9 Å². The van der Waals surface area contributed by atoms with E-state index < -0.39 is 0 Å². The van der Waals surface area contributed by atoms with Crippen molar-refractivity contribution in [3.63, 3.8) is 0 Å². The summed E-state index contributed by atoms with van der Waals surface area (Å²) in [6.45, 7) is 8.51. The second-order valence-electron chi connectivity index (χ2n) is 9.05. The first-order chi connectivity index (χ1) is 17.3. The molecule has 0 radical (unpaired) electrons. The topological polar surface area (TPSA) is 77.6 Å². The van der Waals surface area contributed by atoms with Crippen molar-refractivity contribution in [2.75, 3.05) is 5.32 Å². The maximum atomic E-state index is 13.1. The number of carbonyl (C=O) groups excluding carboxylic acids is 1. The number of rotatable bonds is 6. The average molecular weight is 499 g/mol. The molecule has 0 atom stereocenters. The third kappa shape index (κ3) is 4.62. The van der Waals surface area contributed by atoms with Crippen LogP contribution in [0.3, 0.4) is 0 Å². The van der Waals surface area contributed by atoms with Gasteiger partial charge in [0, 0.05) is 16.6 Å². The van der Waals surface area contributed by atoms with Gasteiger partial charge in [0.05, 0.1) is 29.3 Å². The van der Waals surface area contributed by atoms with Gasteiger partial charge in [-0.25, -0.2) is 9.67 Å². The summed E-state index contributed by atoms with van der Waals surface area (Å²) in [6.07, 6.45) is 1.77. The molecule has 0 unspecified atom stereocenters. The molecule has 0 aliphatic carbocycles. The van der Waals surface area contributed by atoms with Gasteiger partial charge in [-0.3, -0.25) is 9.48 Å². The van der Waals surface area contributed by atoms with Crippen molar-refractivity contribution in [3.8, 4) is 11.1 Å². The molecular formula is C28H27ClN6O. The molecule has 5 rings (SSSR count). The number of halogens is 1. The van der Waals surface area contributed by atoms with Crippen LogP contribution in [0.5, 0.6) is 0 Å². The van der Waals surface area contributed by atoms with Crippen molar-refractivity contribution >= 4 is 34.2 Å². The maximum absolute atomic E-state index is 13.1. The standard InChI is InChI=1S/C28H27ClN6O/c1-17-6-5-7-22(14-17)24-12-13-30-28-26(24)18(2)32-35(28)16-25(36)31-27-19(3)33-34(20(27)4)15-21-8-10-23(29)11-9-21/h5-14H,15-16H2,1-4H3,(H,31,36). The van der Waals surface area contributed by atoms with E-state index in [0.29, 0.717) is 17.2 Å². The maximum Gasteiger partial charge on any atom is 0.246 e. The van der Waals surface area contributed by atoms with E-state index in [2.05, 4.69) is 45.6 Å². The van der Waals surface area contributed by atoms with Crippen LogP contribution in [0.4, 0.5) is 5.69 Å². The fourth-order valence-corrected chi connectivity index (χ4v) is 4.68. The van der Waals surface area contributed by atoms with Crippen molar-refractivity contribution in [1.82, 2.24) is 24.5 Å². The molecule has 3 heterocycles. The Bertz CT molecular complexity index is 1580. The minimum Gasteiger partial charge on any atom is -0.321 e. The highest BCUT2D eigenvalue weighted by atomic mass is 35.5. The minimum absolute atomic E-state index is 0.0514. The first-order valence-electron chi connectivity index (χ1n) is 11.8. The number of hydrogen-bond donors (Lipinski definition) is 1. The number of benzene rings is 2. The smallest absolute Gasteiger partial charge is 0.246 e. The predicted octanol–water partition coefficient (Wildman–Crippen LogP) is 5.87. The molecule has 0 spiro atoms. The fourth-order valence-electron chi connectivity index (χ4n) is 4.55. The van der Waals surface area contributed by atoms with Crippen molar-refractivity contribution in [2.24, 2.45) is 0 Å². The molecule has 0 bridgehead atoms. The number of carbonyl (C=O) groups is 1. The number of anilines is 1. The SMILES string of the molecule is Cc1cccc(-c2ccnc3c2c(C)nn3CC(=O)Nc2c(C)nn(Cc3ccc(Cl)cc3)c2C)c1. The summed E-state index contributed by atoms with van der Waals surface area (Å²) in [5.74, 6) is -0.181. The summed E-state index contributed by atoms with van der Waals surface area (Å²) in [5, 5.41) is 14.0. The van der Waals surface area contributed by atoms with Gasteiger partial charge < -0.3 is 5.32 Å². The highest BCUT2D eigenvalue weighted by molar-refractivity contribution is 6.30. The van der Waals surface area contributed by atoms with Gasteiger partial charge in [0.2, 0.25) is 5.91 Å². The minimum atomic E-state index is -0.181. The monoisotopic (exact) mass is 498 g/mol. The van der Waals surface area contributed by atoms with Gasteiger partial charge in [-0.2, -0.15) is 10.2 Å². The van der Waals surface area contributed by atoms with Crippen LogP contribution in [0.1, 0.15) is 28.2 Å². The van der Waals surface area contributed by atoms with Crippen molar-refractivity contribution in [2.45, 2.75) is 40.8 Å². The van der Waals surface area contributed by atoms with E-state index in [-0.39, 0.29) is 12.5 Å². The summed E-state index contributed by atoms with van der Waals surface area (Å²) in [6, 6.07) is 18.0. The van der Waals surface area contributed by atoms with Crippen LogP contribution in [0.15, 0.2) is 60.8 Å². The Kier molecular flexibility index (Phi) is 6.33. The summed E-state index contributed by atoms with van der Waals surface area (Å²) in [4.78, 5) is 17.6. The van der Waals surface area contributed by atoms with Crippen molar-refractivity contribution in [1.29, 1.82) is 0 Å². The summed E-state index contributed by atoms with van der Waals surface area (Å²) in [5.41, 5.74) is 8.32. The molecule has 182 valence electrons. The molecule has 0 aliphatic heterocycles. The zero-order valence-electron chi connectivity index (χ0n) is 20.7. The first kappa shape index (κ1) is 23.8. The number of pyridine rings is 1. The third-order valence-corrected chi connectivity index (χ3v) is 6.57. The largest absolute Gasteiger partial charge is 0.321 e. The van der Waals surface area contributed by atoms with Gasteiger partial charge >= 0.3 is 0 Å². The van der Waals surface area contributed by atoms with Gasteiger partial charge in [0.15, 0.2) is 5.65 Å². The molecule has 0 saturated carbocycles. The predicted molar refractivity (Wildman–Crippen MR) is 143 cm³/mol. The lowest BCUT2D eigenvalue weighted by molar-refractivity contribution is -0.116. The zero-order valence-corrected chi connectivity index (χ0v) is 21.5. The average Bonchev–Trinajstić information content (AvgIpc) is 3.31. The Balaban J connectivity index is 1.39. The van der Waals surface area contributed by atoms with Gasteiger partial charge in [-0.15, -0.1) is 0 Å². The van der Waals surface area contributed by atoms with Crippen LogP contribution in [0.2, 0.25) is 5.02 Å².